The minimum atomic E-state index is -0.336. The molecule has 0 aliphatic carbocycles. The predicted molar refractivity (Wildman–Crippen MR) is 62.6 cm³/mol. The molecule has 88 valence electrons. The quantitative estimate of drug-likeness (QED) is 0.812. The van der Waals surface area contributed by atoms with Gasteiger partial charge < -0.3 is 4.74 Å². The zero-order valence-corrected chi connectivity index (χ0v) is 9.72. The van der Waals surface area contributed by atoms with E-state index in [2.05, 4.69) is 9.97 Å². The number of hydrogen-bond acceptors (Lipinski definition) is 3. The lowest BCUT2D eigenvalue weighted by Gasteiger charge is -2.10. The molecule has 0 amide bonds. The summed E-state index contributed by atoms with van der Waals surface area (Å²) in [6, 6.07) is 5.96. The molecule has 2 rings (SSSR count). The van der Waals surface area contributed by atoms with E-state index < -0.39 is 0 Å². The molecule has 1 aromatic heterocycles. The molecule has 3 nitrogen and oxygen atoms in total. The Morgan fingerprint density at radius 3 is 2.65 bits per heavy atom. The number of nitrogens with zero attached hydrogens (tertiary/aromatic N) is 2. The fourth-order valence-electron chi connectivity index (χ4n) is 1.45. The van der Waals surface area contributed by atoms with E-state index in [1.165, 1.54) is 12.1 Å². The summed E-state index contributed by atoms with van der Waals surface area (Å²) >= 11 is 0. The van der Waals surface area contributed by atoms with Crippen molar-refractivity contribution in [2.75, 3.05) is 0 Å². The zero-order chi connectivity index (χ0) is 12.3. The van der Waals surface area contributed by atoms with Crippen LogP contribution in [0.5, 0.6) is 11.6 Å². The van der Waals surface area contributed by atoms with Crippen LogP contribution >= 0.6 is 0 Å². The fraction of sp³-hybridized carbons (Fsp3) is 0.231. The van der Waals surface area contributed by atoms with Crippen LogP contribution in [0.1, 0.15) is 25.5 Å². The van der Waals surface area contributed by atoms with E-state index in [1.54, 1.807) is 24.5 Å². The van der Waals surface area contributed by atoms with Crippen LogP contribution in [0.3, 0.4) is 0 Å². The summed E-state index contributed by atoms with van der Waals surface area (Å²) in [7, 11) is 0. The fourth-order valence-corrected chi connectivity index (χ4v) is 1.45. The monoisotopic (exact) mass is 232 g/mol. The number of benzene rings is 1. The Labute approximate surface area is 99.3 Å². The van der Waals surface area contributed by atoms with Crippen LogP contribution in [0.15, 0.2) is 36.7 Å². The molecule has 1 heterocycles. The summed E-state index contributed by atoms with van der Waals surface area (Å²) in [5.74, 6) is 0.713. The first-order chi connectivity index (χ1) is 8.16. The molecule has 0 aliphatic heterocycles. The Balaban J connectivity index is 2.30. The van der Waals surface area contributed by atoms with Gasteiger partial charge in [-0.3, -0.25) is 4.98 Å². The van der Waals surface area contributed by atoms with Crippen LogP contribution in [-0.4, -0.2) is 9.97 Å². The maximum absolute atomic E-state index is 13.0. The molecule has 0 bridgehead atoms. The predicted octanol–water partition coefficient (Wildman–Crippen LogP) is 3.53. The highest BCUT2D eigenvalue weighted by Crippen LogP contribution is 2.26. The third-order valence-electron chi connectivity index (χ3n) is 2.25. The van der Waals surface area contributed by atoms with E-state index in [4.69, 9.17) is 4.74 Å². The van der Waals surface area contributed by atoms with Gasteiger partial charge in [-0.1, -0.05) is 19.9 Å². The number of ether oxygens (including phenoxy) is 1. The van der Waals surface area contributed by atoms with Gasteiger partial charge in [-0.05, 0) is 12.1 Å². The smallest absolute Gasteiger partial charge is 0.241 e. The lowest BCUT2D eigenvalue weighted by Crippen LogP contribution is -1.99. The van der Waals surface area contributed by atoms with Gasteiger partial charge in [-0.25, -0.2) is 9.37 Å². The van der Waals surface area contributed by atoms with Crippen LogP contribution in [0, 0.1) is 5.82 Å². The molecule has 0 saturated heterocycles. The summed E-state index contributed by atoms with van der Waals surface area (Å²) < 4.78 is 18.6. The summed E-state index contributed by atoms with van der Waals surface area (Å²) in [4.78, 5) is 8.33. The molecule has 0 radical (unpaired) electrons. The third-order valence-corrected chi connectivity index (χ3v) is 2.25. The topological polar surface area (TPSA) is 35.0 Å². The van der Waals surface area contributed by atoms with Crippen molar-refractivity contribution in [2.24, 2.45) is 0 Å². The van der Waals surface area contributed by atoms with Crippen molar-refractivity contribution in [3.8, 4) is 11.6 Å². The van der Waals surface area contributed by atoms with E-state index in [0.717, 1.165) is 5.69 Å². The van der Waals surface area contributed by atoms with Crippen LogP contribution in [0.25, 0.3) is 0 Å². The van der Waals surface area contributed by atoms with Crippen molar-refractivity contribution < 1.29 is 9.13 Å². The van der Waals surface area contributed by atoms with Gasteiger partial charge >= 0.3 is 0 Å². The Morgan fingerprint density at radius 2 is 1.94 bits per heavy atom. The standard InChI is InChI=1S/C13H13FN2O/c1-9(2)12-13(16-7-6-15-12)17-11-5-3-4-10(14)8-11/h3-9H,1-2H3. The van der Waals surface area contributed by atoms with E-state index in [0.29, 0.717) is 11.6 Å². The highest BCUT2D eigenvalue weighted by molar-refractivity contribution is 5.30. The highest BCUT2D eigenvalue weighted by Gasteiger charge is 2.11. The molecular formula is C13H13FN2O. The maximum atomic E-state index is 13.0. The Hall–Kier alpha value is -1.97. The molecule has 1 aromatic carbocycles. The van der Waals surface area contributed by atoms with Crippen molar-refractivity contribution in [2.45, 2.75) is 19.8 Å². The van der Waals surface area contributed by atoms with Crippen LogP contribution in [0.4, 0.5) is 4.39 Å². The van der Waals surface area contributed by atoms with Crippen LogP contribution in [0.2, 0.25) is 0 Å². The van der Waals surface area contributed by atoms with Crippen LogP contribution in [-0.2, 0) is 0 Å². The van der Waals surface area contributed by atoms with Crippen molar-refractivity contribution in [3.63, 3.8) is 0 Å². The van der Waals surface area contributed by atoms with Gasteiger partial charge in [-0.15, -0.1) is 0 Å². The lowest BCUT2D eigenvalue weighted by molar-refractivity contribution is 0.444. The Kier molecular flexibility index (Phi) is 3.32. The zero-order valence-electron chi connectivity index (χ0n) is 9.72. The second kappa shape index (κ2) is 4.91. The van der Waals surface area contributed by atoms with Gasteiger partial charge in [-0.2, -0.15) is 0 Å². The van der Waals surface area contributed by atoms with Gasteiger partial charge in [0, 0.05) is 24.4 Å². The first kappa shape index (κ1) is 11.5. The summed E-state index contributed by atoms with van der Waals surface area (Å²) in [5, 5.41) is 0. The minimum absolute atomic E-state index is 0.201. The van der Waals surface area contributed by atoms with Gasteiger partial charge in [0.25, 0.3) is 0 Å². The Bertz CT molecular complexity index is 514. The number of aromatic nitrogens is 2. The molecule has 0 aliphatic rings. The van der Waals surface area contributed by atoms with Gasteiger partial charge in [0.2, 0.25) is 5.88 Å². The molecule has 4 heteroatoms. The minimum Gasteiger partial charge on any atom is -0.437 e. The van der Waals surface area contributed by atoms with E-state index in [-0.39, 0.29) is 11.7 Å². The average Bonchev–Trinajstić information content (AvgIpc) is 2.29. The SMILES string of the molecule is CC(C)c1nccnc1Oc1cccc(F)c1. The average molecular weight is 232 g/mol. The third kappa shape index (κ3) is 2.78. The van der Waals surface area contributed by atoms with E-state index in [9.17, 15) is 4.39 Å². The highest BCUT2D eigenvalue weighted by atomic mass is 19.1. The Morgan fingerprint density at radius 1 is 1.18 bits per heavy atom. The number of halogens is 1. The van der Waals surface area contributed by atoms with Crippen molar-refractivity contribution in [3.05, 3.63) is 48.2 Å². The maximum Gasteiger partial charge on any atom is 0.241 e. The lowest BCUT2D eigenvalue weighted by atomic mass is 10.1. The summed E-state index contributed by atoms with van der Waals surface area (Å²) in [6.07, 6.45) is 3.17. The molecule has 0 saturated carbocycles. The normalized spacial score (nSPS) is 10.6. The molecule has 0 unspecified atom stereocenters. The van der Waals surface area contributed by atoms with Crippen molar-refractivity contribution in [1.82, 2.24) is 9.97 Å². The van der Waals surface area contributed by atoms with Crippen molar-refractivity contribution >= 4 is 0 Å². The molecule has 0 atom stereocenters. The molecule has 0 N–H and O–H groups in total. The van der Waals surface area contributed by atoms with Crippen LogP contribution < -0.4 is 4.74 Å². The molecule has 17 heavy (non-hydrogen) atoms. The molecular weight excluding hydrogens is 219 g/mol. The first-order valence-electron chi connectivity index (χ1n) is 5.41. The number of rotatable bonds is 3. The first-order valence-corrected chi connectivity index (χ1v) is 5.41. The second-order valence-corrected chi connectivity index (χ2v) is 3.96. The molecule has 2 aromatic rings. The second-order valence-electron chi connectivity index (χ2n) is 3.96. The molecule has 0 fully saturated rings. The van der Waals surface area contributed by atoms with E-state index in [1.807, 2.05) is 13.8 Å². The summed E-state index contributed by atoms with van der Waals surface area (Å²) in [5.41, 5.74) is 0.761. The largest absolute Gasteiger partial charge is 0.437 e. The van der Waals surface area contributed by atoms with Gasteiger partial charge in [0.1, 0.15) is 17.3 Å². The van der Waals surface area contributed by atoms with Crippen molar-refractivity contribution in [1.29, 1.82) is 0 Å². The number of hydrogen-bond donors (Lipinski definition) is 0. The summed E-state index contributed by atoms with van der Waals surface area (Å²) in [6.45, 7) is 4.00. The van der Waals surface area contributed by atoms with Gasteiger partial charge in [0.15, 0.2) is 0 Å². The van der Waals surface area contributed by atoms with E-state index >= 15 is 0 Å². The van der Waals surface area contributed by atoms with Gasteiger partial charge in [0.05, 0.1) is 0 Å². The molecule has 0 spiro atoms.